The summed E-state index contributed by atoms with van der Waals surface area (Å²) in [5.41, 5.74) is 8.76. The van der Waals surface area contributed by atoms with Crippen LogP contribution in [-0.4, -0.2) is 28.3 Å². The van der Waals surface area contributed by atoms with E-state index < -0.39 is 18.3 Å². The molecule has 0 atom stereocenters. The molecule has 0 N–H and O–H groups in total. The van der Waals surface area contributed by atoms with E-state index in [1.54, 1.807) is 11.3 Å². The predicted molar refractivity (Wildman–Crippen MR) is 192 cm³/mol. The maximum atomic E-state index is 6.35. The number of nitrogens with zero attached hydrogens (tertiary/aromatic N) is 2. The van der Waals surface area contributed by atoms with Gasteiger partial charge in [-0.1, -0.05) is 115 Å². The van der Waals surface area contributed by atoms with Crippen LogP contribution in [0.1, 0.15) is 27.7 Å². The zero-order valence-electron chi connectivity index (χ0n) is 26.3. The molecule has 1 aliphatic heterocycles. The normalized spacial score (nSPS) is 15.5. The summed E-state index contributed by atoms with van der Waals surface area (Å²) in [5, 5.41) is 1.15. The molecule has 0 saturated carbocycles. The summed E-state index contributed by atoms with van der Waals surface area (Å²) in [6, 6.07) is 44.6. The fourth-order valence-electron chi connectivity index (χ4n) is 6.05. The van der Waals surface area contributed by atoms with Crippen molar-refractivity contribution in [2.45, 2.75) is 38.9 Å². The van der Waals surface area contributed by atoms with Gasteiger partial charge < -0.3 is 9.31 Å². The van der Waals surface area contributed by atoms with Crippen molar-refractivity contribution in [1.29, 1.82) is 0 Å². The molecular formula is C40H33BN2O2S. The highest BCUT2D eigenvalue weighted by Gasteiger charge is 2.51. The first-order valence-electron chi connectivity index (χ1n) is 15.7. The molecule has 0 unspecified atom stereocenters. The van der Waals surface area contributed by atoms with Crippen LogP contribution in [0.4, 0.5) is 0 Å². The van der Waals surface area contributed by atoms with Crippen molar-refractivity contribution < 1.29 is 9.31 Å². The molecule has 46 heavy (non-hydrogen) atoms. The van der Waals surface area contributed by atoms with Crippen LogP contribution in [0.3, 0.4) is 0 Å². The minimum Gasteiger partial charge on any atom is -0.399 e. The van der Waals surface area contributed by atoms with Gasteiger partial charge in [-0.15, -0.1) is 11.3 Å². The summed E-state index contributed by atoms with van der Waals surface area (Å²) in [5.74, 6) is 0.710. The molecule has 0 spiro atoms. The molecular weight excluding hydrogens is 583 g/mol. The van der Waals surface area contributed by atoms with Gasteiger partial charge in [-0.3, -0.25) is 0 Å². The second kappa shape index (κ2) is 11.0. The summed E-state index contributed by atoms with van der Waals surface area (Å²) in [7, 11) is -0.415. The summed E-state index contributed by atoms with van der Waals surface area (Å²) >= 11 is 1.75. The largest absolute Gasteiger partial charge is 0.494 e. The van der Waals surface area contributed by atoms with Crippen molar-refractivity contribution in [3.8, 4) is 44.9 Å². The van der Waals surface area contributed by atoms with E-state index in [4.69, 9.17) is 19.3 Å². The van der Waals surface area contributed by atoms with Crippen LogP contribution in [0.5, 0.6) is 0 Å². The molecule has 6 heteroatoms. The number of fused-ring (bicyclic) bond motifs is 3. The summed E-state index contributed by atoms with van der Waals surface area (Å²) in [4.78, 5) is 10.4. The van der Waals surface area contributed by atoms with E-state index in [0.29, 0.717) is 5.82 Å². The third kappa shape index (κ3) is 5.03. The minimum absolute atomic E-state index is 0.394. The van der Waals surface area contributed by atoms with E-state index in [9.17, 15) is 0 Å². The summed E-state index contributed by atoms with van der Waals surface area (Å²) < 4.78 is 15.0. The van der Waals surface area contributed by atoms with Crippen LogP contribution in [0.25, 0.3) is 65.2 Å². The van der Waals surface area contributed by atoms with E-state index in [-0.39, 0.29) is 0 Å². The molecule has 5 aromatic carbocycles. The Kier molecular flexibility index (Phi) is 6.91. The Labute approximate surface area is 273 Å². The molecule has 0 radical (unpaired) electrons. The Balaban J connectivity index is 1.21. The van der Waals surface area contributed by atoms with Crippen LogP contribution >= 0.6 is 11.3 Å². The number of thiophene rings is 1. The Bertz CT molecular complexity index is 2210. The van der Waals surface area contributed by atoms with Crippen molar-refractivity contribution in [2.24, 2.45) is 0 Å². The van der Waals surface area contributed by atoms with Crippen LogP contribution in [0.15, 0.2) is 127 Å². The van der Waals surface area contributed by atoms with Crippen LogP contribution in [-0.2, 0) is 9.31 Å². The number of benzene rings is 5. The van der Waals surface area contributed by atoms with E-state index >= 15 is 0 Å². The van der Waals surface area contributed by atoms with Crippen molar-refractivity contribution >= 4 is 44.2 Å². The van der Waals surface area contributed by atoms with Gasteiger partial charge in [-0.2, -0.15) is 0 Å². The first-order chi connectivity index (χ1) is 22.3. The molecule has 3 heterocycles. The molecule has 1 fully saturated rings. The van der Waals surface area contributed by atoms with Crippen LogP contribution < -0.4 is 5.46 Å². The topological polar surface area (TPSA) is 44.2 Å². The Hall–Kier alpha value is -4.62. The summed E-state index contributed by atoms with van der Waals surface area (Å²) in [6.45, 7) is 8.33. The van der Waals surface area contributed by atoms with Crippen LogP contribution in [0, 0.1) is 0 Å². The highest BCUT2D eigenvalue weighted by atomic mass is 32.1. The lowest BCUT2D eigenvalue weighted by atomic mass is 9.78. The third-order valence-corrected chi connectivity index (χ3v) is 10.5. The van der Waals surface area contributed by atoms with Gasteiger partial charge in [0, 0.05) is 21.2 Å². The lowest BCUT2D eigenvalue weighted by Gasteiger charge is -2.32. The smallest absolute Gasteiger partial charge is 0.399 e. The lowest BCUT2D eigenvalue weighted by molar-refractivity contribution is 0.00578. The fraction of sp³-hybridized carbons (Fsp3) is 0.150. The molecule has 0 amide bonds. The summed E-state index contributed by atoms with van der Waals surface area (Å²) in [6.07, 6.45) is 0. The van der Waals surface area contributed by atoms with Crippen molar-refractivity contribution in [3.05, 3.63) is 127 Å². The lowest BCUT2D eigenvalue weighted by Crippen LogP contribution is -2.41. The monoisotopic (exact) mass is 616 g/mol. The van der Waals surface area contributed by atoms with Gasteiger partial charge in [0.05, 0.1) is 27.1 Å². The fourth-order valence-corrected chi connectivity index (χ4v) is 7.20. The van der Waals surface area contributed by atoms with Gasteiger partial charge >= 0.3 is 7.12 Å². The standard InChI is InChI=1S/C40H33BN2O2S/c1-39(2)40(3,4)45-41(44-39)32-17-11-15-30(25-32)29-14-10-16-31(24-29)38-42-35(37-36(43-38)33-18-8-9-19-34(33)46-37)28-22-20-27(21-23-28)26-12-6-5-7-13-26/h5-25H,1-4H3. The van der Waals surface area contributed by atoms with Gasteiger partial charge in [-0.25, -0.2) is 9.97 Å². The van der Waals surface area contributed by atoms with Crippen LogP contribution in [0.2, 0.25) is 0 Å². The second-order valence-electron chi connectivity index (χ2n) is 12.9. The average Bonchev–Trinajstić information content (AvgIpc) is 3.57. The number of aromatic nitrogens is 2. The molecule has 7 aromatic rings. The van der Waals surface area contributed by atoms with Gasteiger partial charge in [0.1, 0.15) is 0 Å². The zero-order valence-corrected chi connectivity index (χ0v) is 27.1. The quantitative estimate of drug-likeness (QED) is 0.181. The third-order valence-electron chi connectivity index (χ3n) is 9.35. The molecule has 2 aromatic heterocycles. The molecule has 1 saturated heterocycles. The Morgan fingerprint density at radius 2 is 1.13 bits per heavy atom. The highest BCUT2D eigenvalue weighted by molar-refractivity contribution is 7.26. The molecule has 4 nitrogen and oxygen atoms in total. The average molecular weight is 617 g/mol. The second-order valence-corrected chi connectivity index (χ2v) is 14.0. The maximum absolute atomic E-state index is 6.35. The molecule has 0 bridgehead atoms. The number of rotatable bonds is 5. The Morgan fingerprint density at radius 3 is 1.89 bits per heavy atom. The number of hydrogen-bond acceptors (Lipinski definition) is 5. The first-order valence-corrected chi connectivity index (χ1v) is 16.5. The van der Waals surface area contributed by atoms with Crippen molar-refractivity contribution in [3.63, 3.8) is 0 Å². The Morgan fingerprint density at radius 1 is 0.543 bits per heavy atom. The van der Waals surface area contributed by atoms with Crippen molar-refractivity contribution in [2.75, 3.05) is 0 Å². The molecule has 1 aliphatic rings. The van der Waals surface area contributed by atoms with E-state index in [2.05, 4.69) is 149 Å². The van der Waals surface area contributed by atoms with Gasteiger partial charge in [0.2, 0.25) is 0 Å². The van der Waals surface area contributed by atoms with E-state index in [0.717, 1.165) is 49.0 Å². The van der Waals surface area contributed by atoms with Gasteiger partial charge in [0.15, 0.2) is 5.82 Å². The predicted octanol–water partition coefficient (Wildman–Crippen LogP) is 9.81. The van der Waals surface area contributed by atoms with Gasteiger partial charge in [-0.05, 0) is 67.5 Å². The van der Waals surface area contributed by atoms with Crippen molar-refractivity contribution in [1.82, 2.24) is 9.97 Å². The molecule has 0 aliphatic carbocycles. The molecule has 224 valence electrons. The minimum atomic E-state index is -0.415. The maximum Gasteiger partial charge on any atom is 0.494 e. The molecule has 8 rings (SSSR count). The zero-order chi connectivity index (χ0) is 31.5. The SMILES string of the molecule is CC1(C)OB(c2cccc(-c3cccc(-c4nc(-c5ccc(-c6ccccc6)cc5)c5sc6ccccc6c5n4)c3)c2)OC1(C)C. The van der Waals surface area contributed by atoms with Gasteiger partial charge in [0.25, 0.3) is 0 Å². The first kappa shape index (κ1) is 28.8. The van der Waals surface area contributed by atoms with E-state index in [1.165, 1.54) is 15.8 Å². The number of hydrogen-bond donors (Lipinski definition) is 0. The van der Waals surface area contributed by atoms with E-state index in [1.807, 2.05) is 6.07 Å². The highest BCUT2D eigenvalue weighted by Crippen LogP contribution is 2.40.